The number of aryl methyl sites for hydroxylation is 1. The summed E-state index contributed by atoms with van der Waals surface area (Å²) in [6, 6.07) is 9.74. The van der Waals surface area contributed by atoms with Crippen molar-refractivity contribution in [1.82, 2.24) is 15.3 Å². The first-order chi connectivity index (χ1) is 15.4. The van der Waals surface area contributed by atoms with Crippen LogP contribution in [0, 0.1) is 12.3 Å². The molecule has 2 N–H and O–H groups in total. The summed E-state index contributed by atoms with van der Waals surface area (Å²) in [6.45, 7) is 13.6. The molecule has 2 aromatic rings. The van der Waals surface area contributed by atoms with E-state index in [1.54, 1.807) is 6.20 Å². The van der Waals surface area contributed by atoms with E-state index in [1.165, 1.54) is 12.8 Å². The molecule has 1 amide bonds. The SMILES string of the molecule is C=C(Nc1ccccn1)N(c1nc(C(=O)NCC2(CC)CC2)ccc1C)C(CC)CCC. The number of nitrogens with zero attached hydrogens (tertiary/aromatic N) is 3. The van der Waals surface area contributed by atoms with Crippen molar-refractivity contribution in [2.24, 2.45) is 5.41 Å². The van der Waals surface area contributed by atoms with Crippen molar-refractivity contribution in [1.29, 1.82) is 0 Å². The van der Waals surface area contributed by atoms with Crippen LogP contribution in [0.2, 0.25) is 0 Å². The maximum absolute atomic E-state index is 12.9. The lowest BCUT2D eigenvalue weighted by molar-refractivity contribution is 0.0939. The van der Waals surface area contributed by atoms with Gasteiger partial charge in [0.25, 0.3) is 5.91 Å². The fourth-order valence-electron chi connectivity index (χ4n) is 4.09. The van der Waals surface area contributed by atoms with E-state index >= 15 is 0 Å². The molecule has 0 aliphatic heterocycles. The molecule has 1 aliphatic rings. The Labute approximate surface area is 192 Å². The molecule has 1 aliphatic carbocycles. The van der Waals surface area contributed by atoms with Crippen LogP contribution in [0.25, 0.3) is 0 Å². The number of pyridine rings is 2. The summed E-state index contributed by atoms with van der Waals surface area (Å²) in [5.41, 5.74) is 1.75. The Morgan fingerprint density at radius 2 is 2.00 bits per heavy atom. The third kappa shape index (κ3) is 5.67. The highest BCUT2D eigenvalue weighted by Crippen LogP contribution is 2.47. The number of hydrogen-bond acceptors (Lipinski definition) is 5. The minimum Gasteiger partial charge on any atom is -0.350 e. The summed E-state index contributed by atoms with van der Waals surface area (Å²) >= 11 is 0. The van der Waals surface area contributed by atoms with E-state index in [-0.39, 0.29) is 11.9 Å². The van der Waals surface area contributed by atoms with Crippen molar-refractivity contribution in [3.8, 4) is 0 Å². The zero-order chi connectivity index (χ0) is 23.1. The molecule has 6 heteroatoms. The molecule has 32 heavy (non-hydrogen) atoms. The largest absolute Gasteiger partial charge is 0.350 e. The van der Waals surface area contributed by atoms with Crippen molar-refractivity contribution in [3.05, 3.63) is 60.2 Å². The smallest absolute Gasteiger partial charge is 0.269 e. The zero-order valence-corrected chi connectivity index (χ0v) is 19.9. The number of carbonyl (C=O) groups is 1. The Morgan fingerprint density at radius 1 is 1.22 bits per heavy atom. The van der Waals surface area contributed by atoms with Crippen molar-refractivity contribution < 1.29 is 4.79 Å². The van der Waals surface area contributed by atoms with Gasteiger partial charge in [-0.2, -0.15) is 0 Å². The second-order valence-electron chi connectivity index (χ2n) is 8.88. The van der Waals surface area contributed by atoms with Gasteiger partial charge in [0, 0.05) is 18.8 Å². The van der Waals surface area contributed by atoms with E-state index in [1.807, 2.05) is 37.3 Å². The third-order valence-corrected chi connectivity index (χ3v) is 6.55. The van der Waals surface area contributed by atoms with Crippen LogP contribution in [-0.2, 0) is 0 Å². The number of rotatable bonds is 12. The molecule has 1 fully saturated rings. The average molecular weight is 436 g/mol. The van der Waals surface area contributed by atoms with Gasteiger partial charge >= 0.3 is 0 Å². The van der Waals surface area contributed by atoms with Crippen LogP contribution in [0.1, 0.15) is 75.3 Å². The molecule has 0 aromatic carbocycles. The number of anilines is 2. The van der Waals surface area contributed by atoms with E-state index in [0.717, 1.165) is 49.4 Å². The number of carbonyl (C=O) groups excluding carboxylic acids is 1. The number of amides is 1. The van der Waals surface area contributed by atoms with Crippen molar-refractivity contribution in [2.45, 2.75) is 72.3 Å². The van der Waals surface area contributed by atoms with Crippen LogP contribution in [0.15, 0.2) is 48.9 Å². The molecular weight excluding hydrogens is 398 g/mol. The molecule has 1 atom stereocenters. The van der Waals surface area contributed by atoms with Crippen LogP contribution in [0.4, 0.5) is 11.6 Å². The molecule has 0 spiro atoms. The fraction of sp³-hybridized carbons (Fsp3) is 0.500. The minimum absolute atomic E-state index is 0.113. The van der Waals surface area contributed by atoms with Gasteiger partial charge in [0.15, 0.2) is 0 Å². The highest BCUT2D eigenvalue weighted by molar-refractivity contribution is 5.93. The summed E-state index contributed by atoms with van der Waals surface area (Å²) in [7, 11) is 0. The van der Waals surface area contributed by atoms with Crippen LogP contribution >= 0.6 is 0 Å². The molecule has 0 saturated heterocycles. The molecule has 1 saturated carbocycles. The molecule has 2 aromatic heterocycles. The summed E-state index contributed by atoms with van der Waals surface area (Å²) in [5.74, 6) is 2.09. The van der Waals surface area contributed by atoms with Crippen LogP contribution in [0.5, 0.6) is 0 Å². The van der Waals surface area contributed by atoms with Gasteiger partial charge in [-0.3, -0.25) is 4.79 Å². The molecule has 0 radical (unpaired) electrons. The van der Waals surface area contributed by atoms with Gasteiger partial charge in [0.2, 0.25) is 0 Å². The van der Waals surface area contributed by atoms with Crippen molar-refractivity contribution >= 4 is 17.5 Å². The topological polar surface area (TPSA) is 70.2 Å². The molecule has 172 valence electrons. The Morgan fingerprint density at radius 3 is 2.59 bits per heavy atom. The monoisotopic (exact) mass is 435 g/mol. The molecule has 1 unspecified atom stereocenters. The summed E-state index contributed by atoms with van der Waals surface area (Å²) in [4.78, 5) is 24.2. The normalized spacial score (nSPS) is 15.0. The minimum atomic E-state index is -0.113. The zero-order valence-electron chi connectivity index (χ0n) is 19.9. The first-order valence-electron chi connectivity index (χ1n) is 11.8. The van der Waals surface area contributed by atoms with Gasteiger partial charge in [0.05, 0.1) is 0 Å². The molecular formula is C26H37N5O. The molecule has 2 heterocycles. The van der Waals surface area contributed by atoms with E-state index < -0.39 is 0 Å². The molecule has 3 rings (SSSR count). The lowest BCUT2D eigenvalue weighted by Crippen LogP contribution is -2.38. The average Bonchev–Trinajstić information content (AvgIpc) is 3.59. The van der Waals surface area contributed by atoms with E-state index in [2.05, 4.69) is 47.9 Å². The fourth-order valence-corrected chi connectivity index (χ4v) is 4.09. The lowest BCUT2D eigenvalue weighted by Gasteiger charge is -2.35. The first kappa shape index (κ1) is 23.8. The Kier molecular flexibility index (Phi) is 7.89. The second-order valence-corrected chi connectivity index (χ2v) is 8.88. The van der Waals surface area contributed by atoms with Crippen LogP contribution in [-0.4, -0.2) is 28.5 Å². The predicted octanol–water partition coefficient (Wildman–Crippen LogP) is 5.67. The quantitative estimate of drug-likeness (QED) is 0.449. The number of nitrogens with one attached hydrogen (secondary N) is 2. The number of aromatic nitrogens is 2. The number of hydrogen-bond donors (Lipinski definition) is 2. The summed E-state index contributed by atoms with van der Waals surface area (Å²) < 4.78 is 0. The summed E-state index contributed by atoms with van der Waals surface area (Å²) in [6.07, 6.45) is 8.22. The highest BCUT2D eigenvalue weighted by Gasteiger charge is 2.40. The van der Waals surface area contributed by atoms with Gasteiger partial charge in [0.1, 0.15) is 23.2 Å². The first-order valence-corrected chi connectivity index (χ1v) is 11.8. The van der Waals surface area contributed by atoms with E-state index in [4.69, 9.17) is 4.98 Å². The predicted molar refractivity (Wildman–Crippen MR) is 132 cm³/mol. The van der Waals surface area contributed by atoms with Gasteiger partial charge < -0.3 is 15.5 Å². The van der Waals surface area contributed by atoms with Crippen molar-refractivity contribution in [2.75, 3.05) is 16.8 Å². The standard InChI is InChI=1S/C26H37N5O/c1-6-11-21(7-2)31(20(5)29-23-12-9-10-17-27-23)24-19(4)13-14-22(30-24)25(32)28-18-26(8-3)15-16-26/h9-10,12-14,17,21H,5-8,11,15-16,18H2,1-4H3,(H,27,29)(H,28,32). The van der Waals surface area contributed by atoms with Crippen LogP contribution < -0.4 is 15.5 Å². The summed E-state index contributed by atoms with van der Waals surface area (Å²) in [5, 5.41) is 6.44. The second kappa shape index (κ2) is 10.6. The van der Waals surface area contributed by atoms with E-state index in [9.17, 15) is 4.79 Å². The van der Waals surface area contributed by atoms with Gasteiger partial charge in [-0.1, -0.05) is 45.9 Å². The Hall–Kier alpha value is -2.89. The van der Waals surface area contributed by atoms with E-state index in [0.29, 0.717) is 16.9 Å². The molecule has 0 bridgehead atoms. The van der Waals surface area contributed by atoms with Gasteiger partial charge in [-0.15, -0.1) is 0 Å². The highest BCUT2D eigenvalue weighted by atomic mass is 16.1. The Bertz CT molecular complexity index is 923. The lowest BCUT2D eigenvalue weighted by atomic mass is 10.0. The third-order valence-electron chi connectivity index (χ3n) is 6.55. The van der Waals surface area contributed by atoms with Crippen molar-refractivity contribution in [3.63, 3.8) is 0 Å². The van der Waals surface area contributed by atoms with Gasteiger partial charge in [-0.05, 0) is 68.2 Å². The van der Waals surface area contributed by atoms with Crippen LogP contribution in [0.3, 0.4) is 0 Å². The maximum atomic E-state index is 12.9. The Balaban J connectivity index is 1.88. The van der Waals surface area contributed by atoms with Gasteiger partial charge in [-0.25, -0.2) is 9.97 Å². The maximum Gasteiger partial charge on any atom is 0.269 e. The molecule has 6 nitrogen and oxygen atoms in total.